The minimum absolute atomic E-state index is 0.0191. The van der Waals surface area contributed by atoms with E-state index in [9.17, 15) is 9.59 Å². The zero-order valence-electron chi connectivity index (χ0n) is 14.1. The van der Waals surface area contributed by atoms with Crippen molar-refractivity contribution in [1.82, 2.24) is 19.8 Å². The average molecular weight is 338 g/mol. The number of nitrogens with zero attached hydrogens (tertiary/aromatic N) is 3. The molecule has 5 heterocycles. The van der Waals surface area contributed by atoms with Crippen LogP contribution in [0, 0.1) is 5.92 Å². The average Bonchev–Trinajstić information content (AvgIpc) is 2.93. The summed E-state index contributed by atoms with van der Waals surface area (Å²) in [6.07, 6.45) is 5.56. The highest BCUT2D eigenvalue weighted by molar-refractivity contribution is 5.94. The van der Waals surface area contributed by atoms with E-state index in [0.29, 0.717) is 11.5 Å². The molecule has 0 saturated carbocycles. The van der Waals surface area contributed by atoms with Gasteiger partial charge >= 0.3 is 0 Å². The molecule has 1 N–H and O–H groups in total. The molecule has 2 bridgehead atoms. The van der Waals surface area contributed by atoms with Crippen LogP contribution >= 0.6 is 0 Å². The van der Waals surface area contributed by atoms with Gasteiger partial charge in [-0.25, -0.2) is 0 Å². The number of piperidine rings is 1. The summed E-state index contributed by atoms with van der Waals surface area (Å²) in [5.41, 5.74) is 1.45. The Balaban J connectivity index is 1.50. The number of nitrogens with one attached hydrogen (secondary N) is 1. The molecule has 6 nitrogen and oxygen atoms in total. The van der Waals surface area contributed by atoms with Gasteiger partial charge in [0, 0.05) is 50.7 Å². The van der Waals surface area contributed by atoms with Gasteiger partial charge in [0.2, 0.25) is 5.56 Å². The molecular formula is C19H22N4O2. The molecule has 0 aromatic carbocycles. The van der Waals surface area contributed by atoms with Gasteiger partial charge < -0.3 is 9.88 Å². The van der Waals surface area contributed by atoms with Gasteiger partial charge in [0.25, 0.3) is 5.91 Å². The fourth-order valence-corrected chi connectivity index (χ4v) is 3.99. The van der Waals surface area contributed by atoms with Gasteiger partial charge in [0.05, 0.1) is 11.3 Å². The number of aromatic amines is 1. The molecule has 3 aliphatic rings. The fourth-order valence-electron chi connectivity index (χ4n) is 3.99. The first-order valence-electron chi connectivity index (χ1n) is 8.81. The number of carbonyl (C=O) groups excluding carboxylic acids is 1. The van der Waals surface area contributed by atoms with Crippen molar-refractivity contribution in [3.05, 3.63) is 64.3 Å². The van der Waals surface area contributed by atoms with Crippen molar-refractivity contribution in [3.8, 4) is 0 Å². The molecule has 3 aliphatic heterocycles. The first kappa shape index (κ1) is 16.0. The highest BCUT2D eigenvalue weighted by atomic mass is 16.2. The predicted octanol–water partition coefficient (Wildman–Crippen LogP) is 1.51. The highest BCUT2D eigenvalue weighted by Gasteiger charge is 2.37. The van der Waals surface area contributed by atoms with Crippen LogP contribution in [0.25, 0.3) is 0 Å². The smallest absolute Gasteiger partial charge is 0.255 e. The molecule has 3 fully saturated rings. The van der Waals surface area contributed by atoms with Crippen LogP contribution in [0.15, 0.2) is 47.5 Å². The molecule has 25 heavy (non-hydrogen) atoms. The van der Waals surface area contributed by atoms with E-state index in [-0.39, 0.29) is 17.5 Å². The fraction of sp³-hybridized carbons (Fsp3) is 0.421. The molecule has 3 saturated heterocycles. The topological polar surface area (TPSA) is 69.3 Å². The molecule has 2 aromatic heterocycles. The molecule has 2 aromatic rings. The first-order chi connectivity index (χ1) is 12.2. The molecular weight excluding hydrogens is 316 g/mol. The molecule has 2 atom stereocenters. The maximum atomic E-state index is 12.9. The summed E-state index contributed by atoms with van der Waals surface area (Å²) in [6, 6.07) is 9.25. The van der Waals surface area contributed by atoms with E-state index in [2.05, 4.69) is 20.9 Å². The Labute approximate surface area is 146 Å². The number of aromatic nitrogens is 2. The van der Waals surface area contributed by atoms with Crippen LogP contribution in [0.2, 0.25) is 0 Å². The Morgan fingerprint density at radius 3 is 2.84 bits per heavy atom. The standard InChI is InChI=1S/C19H22N4O2/c24-18-7-5-15(9-21-18)19(25)23-11-14-4-6-17(23)13-22(10-14)12-16-3-1-2-8-20-16/h1-3,5,7-9,14,17H,4,6,10-13H2,(H,21,24)/t14-,17+/m0/s1. The highest BCUT2D eigenvalue weighted by Crippen LogP contribution is 2.29. The van der Waals surface area contributed by atoms with E-state index in [1.54, 1.807) is 6.07 Å². The summed E-state index contributed by atoms with van der Waals surface area (Å²) in [6.45, 7) is 3.50. The van der Waals surface area contributed by atoms with Crippen LogP contribution in [0.4, 0.5) is 0 Å². The van der Waals surface area contributed by atoms with Crippen molar-refractivity contribution in [3.63, 3.8) is 0 Å². The molecule has 6 heteroatoms. The minimum Gasteiger partial charge on any atom is -0.334 e. The number of carbonyl (C=O) groups is 1. The van der Waals surface area contributed by atoms with E-state index >= 15 is 0 Å². The SMILES string of the molecule is O=C(c1ccc(=O)[nH]c1)N1C[C@H]2CC[C@@H]1CN(Cc1ccccn1)C2. The monoisotopic (exact) mass is 338 g/mol. The lowest BCUT2D eigenvalue weighted by atomic mass is 9.94. The van der Waals surface area contributed by atoms with Gasteiger partial charge in [0.15, 0.2) is 0 Å². The van der Waals surface area contributed by atoms with E-state index in [4.69, 9.17) is 0 Å². The van der Waals surface area contributed by atoms with Crippen molar-refractivity contribution >= 4 is 5.91 Å². The second kappa shape index (κ2) is 6.80. The van der Waals surface area contributed by atoms with Crippen LogP contribution < -0.4 is 5.56 Å². The number of rotatable bonds is 3. The number of amides is 1. The number of fused-ring (bicyclic) bond motifs is 4. The normalized spacial score (nSPS) is 23.4. The zero-order valence-corrected chi connectivity index (χ0v) is 14.1. The summed E-state index contributed by atoms with van der Waals surface area (Å²) >= 11 is 0. The molecule has 1 amide bonds. The second-order valence-electron chi connectivity index (χ2n) is 7.01. The lowest BCUT2D eigenvalue weighted by molar-refractivity contribution is 0.0584. The molecule has 0 radical (unpaired) electrons. The minimum atomic E-state index is -0.185. The molecule has 0 aliphatic carbocycles. The van der Waals surface area contributed by atoms with Crippen molar-refractivity contribution in [1.29, 1.82) is 0 Å². The third kappa shape index (κ3) is 3.49. The Kier molecular flexibility index (Phi) is 4.36. The maximum Gasteiger partial charge on any atom is 0.255 e. The Hall–Kier alpha value is -2.47. The molecule has 130 valence electrons. The summed E-state index contributed by atoms with van der Waals surface area (Å²) in [7, 11) is 0. The maximum absolute atomic E-state index is 12.9. The number of H-pyrrole nitrogens is 1. The summed E-state index contributed by atoms with van der Waals surface area (Å²) in [5.74, 6) is 0.514. The number of hydrogen-bond acceptors (Lipinski definition) is 4. The van der Waals surface area contributed by atoms with Gasteiger partial charge in [-0.05, 0) is 37.0 Å². The molecule has 0 spiro atoms. The predicted molar refractivity (Wildman–Crippen MR) is 94.1 cm³/mol. The second-order valence-corrected chi connectivity index (χ2v) is 7.01. The Bertz CT molecular complexity index is 784. The van der Waals surface area contributed by atoms with Crippen LogP contribution in [-0.4, -0.2) is 51.4 Å². The van der Waals surface area contributed by atoms with E-state index < -0.39 is 0 Å². The molecule has 5 rings (SSSR count). The Morgan fingerprint density at radius 1 is 1.16 bits per heavy atom. The zero-order chi connectivity index (χ0) is 17.2. The van der Waals surface area contributed by atoms with Gasteiger partial charge in [-0.1, -0.05) is 6.07 Å². The van der Waals surface area contributed by atoms with Gasteiger partial charge in [-0.2, -0.15) is 0 Å². The van der Waals surface area contributed by atoms with Gasteiger partial charge in [0.1, 0.15) is 0 Å². The quantitative estimate of drug-likeness (QED) is 0.921. The summed E-state index contributed by atoms with van der Waals surface area (Å²) in [5, 5.41) is 0. The van der Waals surface area contributed by atoms with Gasteiger partial charge in [-0.3, -0.25) is 19.5 Å². The van der Waals surface area contributed by atoms with Crippen molar-refractivity contribution in [2.75, 3.05) is 19.6 Å². The van der Waals surface area contributed by atoms with Crippen LogP contribution in [-0.2, 0) is 6.54 Å². The van der Waals surface area contributed by atoms with Crippen LogP contribution in [0.5, 0.6) is 0 Å². The molecule has 0 unspecified atom stereocenters. The van der Waals surface area contributed by atoms with Crippen molar-refractivity contribution in [2.45, 2.75) is 25.4 Å². The Morgan fingerprint density at radius 2 is 2.08 bits per heavy atom. The van der Waals surface area contributed by atoms with Gasteiger partial charge in [-0.15, -0.1) is 0 Å². The first-order valence-corrected chi connectivity index (χ1v) is 8.81. The third-order valence-corrected chi connectivity index (χ3v) is 5.19. The lowest BCUT2D eigenvalue weighted by Gasteiger charge is -2.36. The van der Waals surface area contributed by atoms with E-state index in [0.717, 1.165) is 38.3 Å². The largest absolute Gasteiger partial charge is 0.334 e. The van der Waals surface area contributed by atoms with Crippen LogP contribution in [0.3, 0.4) is 0 Å². The number of pyridine rings is 2. The van der Waals surface area contributed by atoms with Crippen molar-refractivity contribution < 1.29 is 4.79 Å². The van der Waals surface area contributed by atoms with Crippen molar-refractivity contribution in [2.24, 2.45) is 5.92 Å². The van der Waals surface area contributed by atoms with E-state index in [1.165, 1.54) is 18.7 Å². The van der Waals surface area contributed by atoms with Crippen LogP contribution in [0.1, 0.15) is 28.9 Å². The summed E-state index contributed by atoms with van der Waals surface area (Å²) in [4.78, 5) is 35.6. The number of hydrogen-bond donors (Lipinski definition) is 1. The lowest BCUT2D eigenvalue weighted by Crippen LogP contribution is -2.47. The summed E-state index contributed by atoms with van der Waals surface area (Å²) < 4.78 is 0. The third-order valence-electron chi connectivity index (χ3n) is 5.19. The van der Waals surface area contributed by atoms with E-state index in [1.807, 2.05) is 23.2 Å².